The molecule has 16 heavy (non-hydrogen) atoms. The Labute approximate surface area is 103 Å². The minimum absolute atomic E-state index is 0.540. The van der Waals surface area contributed by atoms with Gasteiger partial charge in [0, 0.05) is 11.5 Å². The van der Waals surface area contributed by atoms with Crippen LogP contribution < -0.4 is 0 Å². The van der Waals surface area contributed by atoms with Gasteiger partial charge in [-0.2, -0.15) is 0 Å². The molecular formula is C14H6Cl2. The highest BCUT2D eigenvalue weighted by atomic mass is 35.5. The van der Waals surface area contributed by atoms with Crippen LogP contribution >= 0.6 is 23.2 Å². The van der Waals surface area contributed by atoms with E-state index in [2.05, 4.69) is 12.1 Å². The van der Waals surface area contributed by atoms with Gasteiger partial charge < -0.3 is 0 Å². The molecule has 76 valence electrons. The van der Waals surface area contributed by atoms with Gasteiger partial charge in [-0.05, 0) is 34.4 Å². The summed E-state index contributed by atoms with van der Waals surface area (Å²) in [7, 11) is 0. The molecule has 0 N–H and O–H groups in total. The van der Waals surface area contributed by atoms with E-state index in [-0.39, 0.29) is 0 Å². The highest BCUT2D eigenvalue weighted by Crippen LogP contribution is 2.32. The predicted octanol–water partition coefficient (Wildman–Crippen LogP) is 4.90. The first-order valence-corrected chi connectivity index (χ1v) is 5.61. The van der Waals surface area contributed by atoms with Crippen LogP contribution in [0.15, 0.2) is 36.4 Å². The topological polar surface area (TPSA) is 0 Å². The molecule has 0 aliphatic heterocycles. The molecule has 0 aromatic heterocycles. The average molecular weight is 245 g/mol. The van der Waals surface area contributed by atoms with Crippen molar-refractivity contribution in [2.45, 2.75) is 0 Å². The average Bonchev–Trinajstić information content (AvgIpc) is 2.28. The lowest BCUT2D eigenvalue weighted by molar-refractivity contribution is 1.74. The van der Waals surface area contributed by atoms with Gasteiger partial charge in [0.05, 0.1) is 10.0 Å². The Hall–Kier alpha value is -1.24. The Bertz CT molecular complexity index is 687. The van der Waals surface area contributed by atoms with Crippen LogP contribution in [0, 0.1) is 12.1 Å². The number of hydrogen-bond acceptors (Lipinski definition) is 0. The van der Waals surface area contributed by atoms with Crippen molar-refractivity contribution in [1.29, 1.82) is 0 Å². The summed E-state index contributed by atoms with van der Waals surface area (Å²) in [5, 5.41) is 5.41. The number of halogens is 2. The van der Waals surface area contributed by atoms with Crippen molar-refractivity contribution in [2.24, 2.45) is 0 Å². The van der Waals surface area contributed by atoms with Crippen LogP contribution in [0.5, 0.6) is 0 Å². The fraction of sp³-hybridized carbons (Fsp3) is 0. The van der Waals surface area contributed by atoms with E-state index in [1.807, 2.05) is 36.4 Å². The predicted molar refractivity (Wildman–Crippen MR) is 69.1 cm³/mol. The first kappa shape index (κ1) is 9.95. The van der Waals surface area contributed by atoms with E-state index in [1.54, 1.807) is 0 Å². The van der Waals surface area contributed by atoms with Gasteiger partial charge in [0.25, 0.3) is 0 Å². The zero-order valence-corrected chi connectivity index (χ0v) is 9.73. The summed E-state index contributed by atoms with van der Waals surface area (Å²) in [5.74, 6) is 0. The molecule has 0 fully saturated rings. The first-order chi connectivity index (χ1) is 7.75. The lowest BCUT2D eigenvalue weighted by Gasteiger charge is -2.05. The third kappa shape index (κ3) is 1.46. The molecule has 3 rings (SSSR count). The molecule has 0 nitrogen and oxygen atoms in total. The fourth-order valence-electron chi connectivity index (χ4n) is 1.92. The van der Waals surface area contributed by atoms with Crippen LogP contribution in [0.3, 0.4) is 0 Å². The zero-order chi connectivity index (χ0) is 11.1. The van der Waals surface area contributed by atoms with Crippen LogP contribution in [-0.4, -0.2) is 0 Å². The van der Waals surface area contributed by atoms with Crippen LogP contribution in [0.1, 0.15) is 0 Å². The van der Waals surface area contributed by atoms with Gasteiger partial charge in [-0.3, -0.25) is 0 Å². The molecule has 2 radical (unpaired) electrons. The number of rotatable bonds is 0. The Morgan fingerprint density at radius 1 is 0.938 bits per heavy atom. The van der Waals surface area contributed by atoms with Crippen molar-refractivity contribution in [2.75, 3.05) is 0 Å². The summed E-state index contributed by atoms with van der Waals surface area (Å²) in [5.41, 5.74) is 0. The number of fused-ring (bicyclic) bond motifs is 3. The van der Waals surface area contributed by atoms with Crippen molar-refractivity contribution in [3.05, 3.63) is 58.6 Å². The molecule has 0 amide bonds. The van der Waals surface area contributed by atoms with E-state index in [0.717, 1.165) is 21.5 Å². The molecule has 0 heterocycles. The summed E-state index contributed by atoms with van der Waals surface area (Å²) >= 11 is 12.1. The molecule has 0 aliphatic rings. The second kappa shape index (κ2) is 3.65. The van der Waals surface area contributed by atoms with Crippen molar-refractivity contribution < 1.29 is 0 Å². The van der Waals surface area contributed by atoms with Gasteiger partial charge >= 0.3 is 0 Å². The molecule has 3 aromatic carbocycles. The molecule has 0 bridgehead atoms. The van der Waals surface area contributed by atoms with Gasteiger partial charge in [-0.15, -0.1) is 0 Å². The summed E-state index contributed by atoms with van der Waals surface area (Å²) in [6, 6.07) is 17.7. The Morgan fingerprint density at radius 2 is 1.81 bits per heavy atom. The zero-order valence-electron chi connectivity index (χ0n) is 8.22. The summed E-state index contributed by atoms with van der Waals surface area (Å²) in [4.78, 5) is 0. The SMILES string of the molecule is Clc1[c]c(Cl)c2ccc3c[c]ccc3c2c1. The second-order valence-corrected chi connectivity index (χ2v) is 4.39. The lowest BCUT2D eigenvalue weighted by Crippen LogP contribution is -1.79. The summed E-state index contributed by atoms with van der Waals surface area (Å²) < 4.78 is 0. The lowest BCUT2D eigenvalue weighted by atomic mass is 10.0. The molecule has 0 saturated heterocycles. The summed E-state index contributed by atoms with van der Waals surface area (Å²) in [6.45, 7) is 0. The van der Waals surface area contributed by atoms with Crippen LogP contribution in [0.2, 0.25) is 10.0 Å². The maximum absolute atomic E-state index is 6.11. The monoisotopic (exact) mass is 244 g/mol. The molecule has 0 spiro atoms. The molecular weight excluding hydrogens is 239 g/mol. The first-order valence-electron chi connectivity index (χ1n) is 4.85. The van der Waals surface area contributed by atoms with Gasteiger partial charge in [-0.25, -0.2) is 0 Å². The number of benzene rings is 3. The van der Waals surface area contributed by atoms with Crippen LogP contribution in [-0.2, 0) is 0 Å². The van der Waals surface area contributed by atoms with Gasteiger partial charge in [0.2, 0.25) is 0 Å². The minimum Gasteiger partial charge on any atom is -0.0836 e. The standard InChI is InChI=1S/C14H6Cl2/c15-10-7-13-11-4-2-1-3-9(11)5-6-12(13)14(16)8-10/h2-7H. The van der Waals surface area contributed by atoms with E-state index >= 15 is 0 Å². The summed E-state index contributed by atoms with van der Waals surface area (Å²) in [6.07, 6.45) is 0. The van der Waals surface area contributed by atoms with E-state index in [9.17, 15) is 0 Å². The van der Waals surface area contributed by atoms with E-state index in [0.29, 0.717) is 10.0 Å². The largest absolute Gasteiger partial charge is 0.0836 e. The van der Waals surface area contributed by atoms with E-state index in [4.69, 9.17) is 23.2 Å². The quantitative estimate of drug-likeness (QED) is 0.494. The molecule has 0 unspecified atom stereocenters. The maximum atomic E-state index is 6.11. The van der Waals surface area contributed by atoms with Crippen molar-refractivity contribution in [1.82, 2.24) is 0 Å². The smallest absolute Gasteiger partial charge is 0.0579 e. The molecule has 3 aromatic rings. The minimum atomic E-state index is 0.540. The Kier molecular flexibility index (Phi) is 2.27. The third-order valence-electron chi connectivity index (χ3n) is 2.64. The van der Waals surface area contributed by atoms with Crippen molar-refractivity contribution in [3.8, 4) is 0 Å². The molecule has 0 atom stereocenters. The fourth-order valence-corrected chi connectivity index (χ4v) is 2.43. The second-order valence-electron chi connectivity index (χ2n) is 3.61. The van der Waals surface area contributed by atoms with Crippen molar-refractivity contribution in [3.63, 3.8) is 0 Å². The van der Waals surface area contributed by atoms with Gasteiger partial charge in [0.15, 0.2) is 0 Å². The Morgan fingerprint density at radius 3 is 2.69 bits per heavy atom. The normalized spacial score (nSPS) is 11.1. The van der Waals surface area contributed by atoms with Gasteiger partial charge in [-0.1, -0.05) is 47.5 Å². The van der Waals surface area contributed by atoms with Crippen molar-refractivity contribution >= 4 is 44.7 Å². The maximum Gasteiger partial charge on any atom is 0.0579 e. The van der Waals surface area contributed by atoms with E-state index in [1.165, 1.54) is 0 Å². The molecule has 0 aliphatic carbocycles. The Balaban J connectivity index is 2.59. The number of hydrogen-bond donors (Lipinski definition) is 0. The molecule has 2 heteroatoms. The van der Waals surface area contributed by atoms with Gasteiger partial charge in [0.1, 0.15) is 0 Å². The van der Waals surface area contributed by atoms with Crippen LogP contribution in [0.25, 0.3) is 21.5 Å². The third-order valence-corrected chi connectivity index (χ3v) is 3.14. The highest BCUT2D eigenvalue weighted by Gasteiger charge is 2.05. The van der Waals surface area contributed by atoms with E-state index < -0.39 is 0 Å². The van der Waals surface area contributed by atoms with Crippen LogP contribution in [0.4, 0.5) is 0 Å². The highest BCUT2D eigenvalue weighted by molar-refractivity contribution is 6.39. The molecule has 0 saturated carbocycles.